The molecular weight excluding hydrogens is 216 g/mol. The molecule has 2 atom stereocenters. The van der Waals surface area contributed by atoms with Gasteiger partial charge in [-0.3, -0.25) is 0 Å². The maximum absolute atomic E-state index is 9.62. The van der Waals surface area contributed by atoms with Crippen molar-refractivity contribution in [3.8, 4) is 0 Å². The Morgan fingerprint density at radius 1 is 1.29 bits per heavy atom. The van der Waals surface area contributed by atoms with E-state index in [0.29, 0.717) is 19.2 Å². The summed E-state index contributed by atoms with van der Waals surface area (Å²) in [5.74, 6) is 0. The van der Waals surface area contributed by atoms with Crippen LogP contribution in [0.5, 0.6) is 0 Å². The number of aliphatic hydroxyl groups is 1. The van der Waals surface area contributed by atoms with E-state index >= 15 is 0 Å². The monoisotopic (exact) mass is 246 g/mol. The summed E-state index contributed by atoms with van der Waals surface area (Å²) in [6.45, 7) is 11.3. The van der Waals surface area contributed by atoms with Crippen molar-refractivity contribution in [2.45, 2.75) is 52.4 Å². The zero-order valence-electron chi connectivity index (χ0n) is 12.1. The highest BCUT2D eigenvalue weighted by atomic mass is 16.5. The fourth-order valence-corrected chi connectivity index (χ4v) is 1.42. The summed E-state index contributed by atoms with van der Waals surface area (Å²) < 4.78 is 5.34. The molecule has 0 saturated heterocycles. The van der Waals surface area contributed by atoms with Crippen LogP contribution in [0.3, 0.4) is 0 Å². The lowest BCUT2D eigenvalue weighted by Crippen LogP contribution is -2.38. The fraction of sp³-hybridized carbons (Fsp3) is 1.00. The first kappa shape index (κ1) is 16.8. The van der Waals surface area contributed by atoms with Crippen molar-refractivity contribution in [3.05, 3.63) is 0 Å². The number of ether oxygens (including phenoxy) is 1. The summed E-state index contributed by atoms with van der Waals surface area (Å²) in [7, 11) is 2.13. The second kappa shape index (κ2) is 9.83. The van der Waals surface area contributed by atoms with Crippen LogP contribution in [0.25, 0.3) is 0 Å². The zero-order valence-corrected chi connectivity index (χ0v) is 12.1. The highest BCUT2D eigenvalue weighted by molar-refractivity contribution is 4.64. The van der Waals surface area contributed by atoms with Crippen LogP contribution >= 0.6 is 0 Å². The van der Waals surface area contributed by atoms with Crippen molar-refractivity contribution in [3.63, 3.8) is 0 Å². The maximum atomic E-state index is 9.62. The molecule has 0 saturated carbocycles. The van der Waals surface area contributed by atoms with Crippen LogP contribution in [-0.2, 0) is 4.74 Å². The van der Waals surface area contributed by atoms with Crippen molar-refractivity contribution in [2.75, 3.05) is 33.3 Å². The van der Waals surface area contributed by atoms with Crippen LogP contribution in [-0.4, -0.2) is 61.5 Å². The molecule has 0 heterocycles. The van der Waals surface area contributed by atoms with Crippen LogP contribution < -0.4 is 5.32 Å². The average Bonchev–Trinajstić information content (AvgIpc) is 2.30. The molecule has 0 amide bonds. The summed E-state index contributed by atoms with van der Waals surface area (Å²) in [4.78, 5) is 2.32. The van der Waals surface area contributed by atoms with Crippen molar-refractivity contribution < 1.29 is 9.84 Å². The summed E-state index contributed by atoms with van der Waals surface area (Å²) in [6.07, 6.45) is 0.939. The van der Waals surface area contributed by atoms with Crippen molar-refractivity contribution in [2.24, 2.45) is 0 Å². The first-order valence-corrected chi connectivity index (χ1v) is 6.68. The van der Waals surface area contributed by atoms with Crippen molar-refractivity contribution in [1.82, 2.24) is 10.2 Å². The Balaban J connectivity index is 3.44. The van der Waals surface area contributed by atoms with E-state index in [9.17, 15) is 5.11 Å². The van der Waals surface area contributed by atoms with Crippen molar-refractivity contribution >= 4 is 0 Å². The summed E-state index contributed by atoms with van der Waals surface area (Å²) in [5, 5.41) is 12.9. The normalized spacial score (nSPS) is 15.5. The molecule has 0 aliphatic carbocycles. The first-order chi connectivity index (χ1) is 7.97. The van der Waals surface area contributed by atoms with Gasteiger partial charge < -0.3 is 20.1 Å². The molecule has 0 fully saturated rings. The van der Waals surface area contributed by atoms with Gasteiger partial charge in [0, 0.05) is 25.7 Å². The lowest BCUT2D eigenvalue weighted by atomic mass is 10.2. The van der Waals surface area contributed by atoms with Crippen LogP contribution in [0.1, 0.15) is 34.1 Å². The fourth-order valence-electron chi connectivity index (χ4n) is 1.42. The minimum Gasteiger partial charge on any atom is -0.389 e. The molecule has 2 N–H and O–H groups in total. The van der Waals surface area contributed by atoms with Gasteiger partial charge in [-0.15, -0.1) is 0 Å². The predicted octanol–water partition coefficient (Wildman–Crippen LogP) is 1.09. The highest BCUT2D eigenvalue weighted by Crippen LogP contribution is 1.98. The van der Waals surface area contributed by atoms with Crippen molar-refractivity contribution in [1.29, 1.82) is 0 Å². The highest BCUT2D eigenvalue weighted by Gasteiger charge is 2.07. The molecule has 0 bridgehead atoms. The minimum atomic E-state index is -0.411. The molecule has 17 heavy (non-hydrogen) atoms. The van der Waals surface area contributed by atoms with E-state index in [-0.39, 0.29) is 6.10 Å². The number of hydrogen-bond donors (Lipinski definition) is 2. The van der Waals surface area contributed by atoms with Crippen LogP contribution in [0.4, 0.5) is 0 Å². The minimum absolute atomic E-state index is 0.182. The van der Waals surface area contributed by atoms with Gasteiger partial charge >= 0.3 is 0 Å². The smallest absolute Gasteiger partial charge is 0.0897 e. The van der Waals surface area contributed by atoms with Gasteiger partial charge in [0.15, 0.2) is 0 Å². The van der Waals surface area contributed by atoms with Crippen LogP contribution in [0.15, 0.2) is 0 Å². The van der Waals surface area contributed by atoms with Gasteiger partial charge in [-0.05, 0) is 34.2 Å². The molecule has 0 aliphatic rings. The van der Waals surface area contributed by atoms with Gasteiger partial charge in [-0.1, -0.05) is 6.92 Å². The summed E-state index contributed by atoms with van der Waals surface area (Å²) >= 11 is 0. The van der Waals surface area contributed by atoms with Gasteiger partial charge in [0.25, 0.3) is 0 Å². The first-order valence-electron chi connectivity index (χ1n) is 6.68. The molecule has 0 radical (unpaired) electrons. The van der Waals surface area contributed by atoms with Gasteiger partial charge in [0.2, 0.25) is 0 Å². The SMILES string of the molecule is CCC(C)N(C)CCNCC(O)COC(C)C. The Kier molecular flexibility index (Phi) is 9.74. The van der Waals surface area contributed by atoms with E-state index in [1.807, 2.05) is 13.8 Å². The molecule has 0 aromatic carbocycles. The average molecular weight is 246 g/mol. The Morgan fingerprint density at radius 2 is 1.94 bits per heavy atom. The lowest BCUT2D eigenvalue weighted by Gasteiger charge is -2.23. The van der Waals surface area contributed by atoms with E-state index in [1.165, 1.54) is 6.42 Å². The molecule has 0 aromatic rings. The summed E-state index contributed by atoms with van der Waals surface area (Å²) in [5.41, 5.74) is 0. The number of hydrogen-bond acceptors (Lipinski definition) is 4. The third kappa shape index (κ3) is 9.53. The van der Waals surface area contributed by atoms with E-state index in [2.05, 4.69) is 31.1 Å². The van der Waals surface area contributed by atoms with E-state index < -0.39 is 6.10 Å². The molecule has 0 spiro atoms. The Labute approximate surface area is 106 Å². The number of nitrogens with one attached hydrogen (secondary N) is 1. The Hall–Kier alpha value is -0.160. The topological polar surface area (TPSA) is 44.7 Å². The summed E-state index contributed by atoms with van der Waals surface area (Å²) in [6, 6.07) is 0.617. The second-order valence-corrected chi connectivity index (χ2v) is 4.98. The quantitative estimate of drug-likeness (QED) is 0.567. The molecule has 0 aromatic heterocycles. The number of aliphatic hydroxyl groups excluding tert-OH is 1. The standard InChI is InChI=1S/C13H30N2O2/c1-6-12(4)15(5)8-7-14-9-13(16)10-17-11(2)3/h11-14,16H,6-10H2,1-5H3. The van der Waals surface area contributed by atoms with Crippen LogP contribution in [0.2, 0.25) is 0 Å². The van der Waals surface area contributed by atoms with Gasteiger partial charge in [0.1, 0.15) is 0 Å². The van der Waals surface area contributed by atoms with E-state index in [1.54, 1.807) is 0 Å². The Morgan fingerprint density at radius 3 is 2.47 bits per heavy atom. The molecule has 2 unspecified atom stereocenters. The number of rotatable bonds is 10. The molecular formula is C13H30N2O2. The second-order valence-electron chi connectivity index (χ2n) is 4.98. The third-order valence-corrected chi connectivity index (χ3v) is 2.99. The number of nitrogens with zero attached hydrogens (tertiary/aromatic N) is 1. The molecule has 0 aliphatic heterocycles. The lowest BCUT2D eigenvalue weighted by molar-refractivity contribution is 0.00629. The van der Waals surface area contributed by atoms with E-state index in [0.717, 1.165) is 13.1 Å². The van der Waals surface area contributed by atoms with Gasteiger partial charge in [-0.2, -0.15) is 0 Å². The molecule has 0 rings (SSSR count). The van der Waals surface area contributed by atoms with Gasteiger partial charge in [-0.25, -0.2) is 0 Å². The van der Waals surface area contributed by atoms with E-state index in [4.69, 9.17) is 4.74 Å². The zero-order chi connectivity index (χ0) is 13.3. The largest absolute Gasteiger partial charge is 0.389 e. The third-order valence-electron chi connectivity index (χ3n) is 2.99. The Bertz CT molecular complexity index is 177. The van der Waals surface area contributed by atoms with Crippen LogP contribution in [0, 0.1) is 0 Å². The number of likely N-dealkylation sites (N-methyl/N-ethyl adjacent to an activating group) is 1. The molecule has 4 nitrogen and oxygen atoms in total. The van der Waals surface area contributed by atoms with Gasteiger partial charge in [0.05, 0.1) is 18.8 Å². The predicted molar refractivity (Wildman–Crippen MR) is 72.3 cm³/mol. The maximum Gasteiger partial charge on any atom is 0.0897 e. The molecule has 104 valence electrons. The molecule has 4 heteroatoms.